The minimum Gasteiger partial charge on any atom is -0.356 e. The maximum Gasteiger partial charge on any atom is 0.225 e. The number of halogens is 1. The largest absolute Gasteiger partial charge is 0.356 e. The molecule has 1 saturated heterocycles. The first-order chi connectivity index (χ1) is 9.86. The molecule has 1 N–H and O–H groups in total. The molecule has 116 valence electrons. The maximum absolute atomic E-state index is 12.0. The summed E-state index contributed by atoms with van der Waals surface area (Å²) in [5.41, 5.74) is -0.318. The van der Waals surface area contributed by atoms with Crippen LogP contribution in [0.2, 0.25) is 0 Å². The Labute approximate surface area is 135 Å². The van der Waals surface area contributed by atoms with Gasteiger partial charge in [0.2, 0.25) is 5.91 Å². The van der Waals surface area contributed by atoms with Gasteiger partial charge in [-0.1, -0.05) is 20.8 Å². The number of hydrogen-bond acceptors (Lipinski definition) is 3. The zero-order valence-electron chi connectivity index (χ0n) is 13.0. The molecule has 0 aromatic carbocycles. The highest BCUT2D eigenvalue weighted by molar-refractivity contribution is 9.10. The molecule has 1 aliphatic heterocycles. The molecule has 2 heterocycles. The van der Waals surface area contributed by atoms with Gasteiger partial charge >= 0.3 is 0 Å². The number of rotatable bonds is 3. The van der Waals surface area contributed by atoms with Crippen molar-refractivity contribution in [3.63, 3.8) is 0 Å². The molecule has 1 fully saturated rings. The van der Waals surface area contributed by atoms with Gasteiger partial charge in [-0.15, -0.1) is 0 Å². The van der Waals surface area contributed by atoms with E-state index in [1.165, 1.54) is 0 Å². The van der Waals surface area contributed by atoms with Gasteiger partial charge < -0.3 is 10.2 Å². The van der Waals surface area contributed by atoms with Crippen molar-refractivity contribution >= 4 is 27.7 Å². The topological polar surface area (TPSA) is 45.2 Å². The summed E-state index contributed by atoms with van der Waals surface area (Å²) in [7, 11) is 0. The van der Waals surface area contributed by atoms with E-state index in [0.29, 0.717) is 5.92 Å². The number of amides is 1. The molecule has 21 heavy (non-hydrogen) atoms. The fourth-order valence-corrected chi connectivity index (χ4v) is 2.73. The second-order valence-electron chi connectivity index (χ2n) is 6.75. The maximum atomic E-state index is 12.0. The number of carbonyl (C=O) groups is 1. The molecule has 0 radical (unpaired) electrons. The highest BCUT2D eigenvalue weighted by Gasteiger charge is 2.24. The highest BCUT2D eigenvalue weighted by atomic mass is 79.9. The second kappa shape index (κ2) is 6.77. The molecule has 0 bridgehead atoms. The molecule has 5 heteroatoms. The van der Waals surface area contributed by atoms with E-state index in [4.69, 9.17) is 0 Å². The number of carbonyl (C=O) groups excluding carboxylic acids is 1. The summed E-state index contributed by atoms with van der Waals surface area (Å²) in [6.45, 7) is 8.59. The smallest absolute Gasteiger partial charge is 0.225 e. The van der Waals surface area contributed by atoms with E-state index in [-0.39, 0.29) is 11.3 Å². The molecule has 0 spiro atoms. The van der Waals surface area contributed by atoms with Gasteiger partial charge in [0.05, 0.1) is 0 Å². The van der Waals surface area contributed by atoms with E-state index in [0.717, 1.165) is 42.8 Å². The van der Waals surface area contributed by atoms with Gasteiger partial charge in [-0.25, -0.2) is 4.98 Å². The first-order valence-corrected chi connectivity index (χ1v) is 8.30. The molecule has 4 nitrogen and oxygen atoms in total. The number of pyridine rings is 1. The third kappa shape index (κ3) is 4.70. The minimum absolute atomic E-state index is 0.126. The van der Waals surface area contributed by atoms with Crippen LogP contribution in [-0.2, 0) is 4.79 Å². The summed E-state index contributed by atoms with van der Waals surface area (Å²) in [6, 6.07) is 4.06. The third-order valence-corrected chi connectivity index (χ3v) is 4.26. The highest BCUT2D eigenvalue weighted by Crippen LogP contribution is 2.22. The molecule has 1 aromatic heterocycles. The summed E-state index contributed by atoms with van der Waals surface area (Å²) in [5, 5.41) is 3.08. The van der Waals surface area contributed by atoms with Crippen LogP contribution in [0.15, 0.2) is 22.8 Å². The number of nitrogens with one attached hydrogen (secondary N) is 1. The summed E-state index contributed by atoms with van der Waals surface area (Å²) in [5.74, 6) is 1.64. The van der Waals surface area contributed by atoms with E-state index in [9.17, 15) is 4.79 Å². The van der Waals surface area contributed by atoms with Gasteiger partial charge in [0.15, 0.2) is 0 Å². The van der Waals surface area contributed by atoms with Crippen molar-refractivity contribution in [2.75, 3.05) is 24.5 Å². The molecule has 1 aromatic rings. The first-order valence-electron chi connectivity index (χ1n) is 7.51. The van der Waals surface area contributed by atoms with Crippen molar-refractivity contribution in [1.29, 1.82) is 0 Å². The third-order valence-electron chi connectivity index (χ3n) is 3.79. The van der Waals surface area contributed by atoms with Crippen LogP contribution in [0, 0.1) is 11.3 Å². The van der Waals surface area contributed by atoms with Gasteiger partial charge in [-0.05, 0) is 46.8 Å². The molecular weight excluding hydrogens is 330 g/mol. The second-order valence-corrected chi connectivity index (χ2v) is 7.66. The number of anilines is 1. The van der Waals surface area contributed by atoms with E-state index < -0.39 is 0 Å². The zero-order valence-corrected chi connectivity index (χ0v) is 14.6. The van der Waals surface area contributed by atoms with Crippen molar-refractivity contribution in [1.82, 2.24) is 10.3 Å². The number of aromatic nitrogens is 1. The zero-order chi connectivity index (χ0) is 15.5. The predicted octanol–water partition coefficient (Wildman–Crippen LogP) is 3.22. The summed E-state index contributed by atoms with van der Waals surface area (Å²) < 4.78 is 0.997. The summed E-state index contributed by atoms with van der Waals surface area (Å²) >= 11 is 3.41. The van der Waals surface area contributed by atoms with Crippen LogP contribution < -0.4 is 10.2 Å². The SMILES string of the molecule is CC(C)(C)C(=O)NCC1CCCN(c2ccc(Br)cn2)C1. The molecule has 0 aliphatic carbocycles. The summed E-state index contributed by atoms with van der Waals surface area (Å²) in [4.78, 5) is 18.7. The molecule has 1 amide bonds. The normalized spacial score (nSPS) is 19.4. The van der Waals surface area contributed by atoms with Crippen LogP contribution in [0.25, 0.3) is 0 Å². The van der Waals surface area contributed by atoms with Crippen LogP contribution in [0.3, 0.4) is 0 Å². The molecular formula is C16H24BrN3O. The number of hydrogen-bond donors (Lipinski definition) is 1. The average Bonchev–Trinajstić information content (AvgIpc) is 2.45. The van der Waals surface area contributed by atoms with Gasteiger partial charge in [0.1, 0.15) is 5.82 Å². The quantitative estimate of drug-likeness (QED) is 0.907. The van der Waals surface area contributed by atoms with E-state index >= 15 is 0 Å². The lowest BCUT2D eigenvalue weighted by molar-refractivity contribution is -0.128. The van der Waals surface area contributed by atoms with Gasteiger partial charge in [0, 0.05) is 35.7 Å². The Morgan fingerprint density at radius 1 is 1.48 bits per heavy atom. The monoisotopic (exact) mass is 353 g/mol. The van der Waals surface area contributed by atoms with Gasteiger partial charge in [0.25, 0.3) is 0 Å². The van der Waals surface area contributed by atoms with E-state index in [1.807, 2.05) is 39.1 Å². The Morgan fingerprint density at radius 3 is 2.86 bits per heavy atom. The van der Waals surface area contributed by atoms with Crippen molar-refractivity contribution in [3.05, 3.63) is 22.8 Å². The van der Waals surface area contributed by atoms with Crippen LogP contribution in [0.4, 0.5) is 5.82 Å². The molecule has 1 unspecified atom stereocenters. The minimum atomic E-state index is -0.318. The van der Waals surface area contributed by atoms with Gasteiger partial charge in [-0.2, -0.15) is 0 Å². The Morgan fingerprint density at radius 2 is 2.24 bits per heavy atom. The Balaban J connectivity index is 1.89. The molecule has 0 saturated carbocycles. The summed E-state index contributed by atoms with van der Waals surface area (Å²) in [6.07, 6.45) is 4.14. The van der Waals surface area contributed by atoms with Crippen molar-refractivity contribution < 1.29 is 4.79 Å². The van der Waals surface area contributed by atoms with Crippen LogP contribution in [0.1, 0.15) is 33.6 Å². The standard InChI is InChI=1S/C16H24BrN3O/c1-16(2,3)15(21)19-9-12-5-4-8-20(11-12)14-7-6-13(17)10-18-14/h6-7,10,12H,4-5,8-9,11H2,1-3H3,(H,19,21). The predicted molar refractivity (Wildman–Crippen MR) is 89.3 cm³/mol. The Kier molecular flexibility index (Phi) is 5.25. The van der Waals surface area contributed by atoms with Crippen LogP contribution >= 0.6 is 15.9 Å². The fraction of sp³-hybridized carbons (Fsp3) is 0.625. The average molecular weight is 354 g/mol. The molecule has 2 rings (SSSR count). The number of nitrogens with zero attached hydrogens (tertiary/aromatic N) is 2. The van der Waals surface area contributed by atoms with Crippen molar-refractivity contribution in [2.45, 2.75) is 33.6 Å². The van der Waals surface area contributed by atoms with E-state index in [2.05, 4.69) is 31.1 Å². The lowest BCUT2D eigenvalue weighted by atomic mass is 9.94. The van der Waals surface area contributed by atoms with Crippen LogP contribution in [0.5, 0.6) is 0 Å². The van der Waals surface area contributed by atoms with Crippen molar-refractivity contribution in [3.8, 4) is 0 Å². The Bertz CT molecular complexity index is 481. The molecule has 1 aliphatic rings. The fourth-order valence-electron chi connectivity index (χ4n) is 2.50. The van der Waals surface area contributed by atoms with Crippen molar-refractivity contribution in [2.24, 2.45) is 11.3 Å². The Hall–Kier alpha value is -1.10. The lowest BCUT2D eigenvalue weighted by Gasteiger charge is -2.34. The van der Waals surface area contributed by atoms with Crippen LogP contribution in [-0.4, -0.2) is 30.5 Å². The number of piperidine rings is 1. The lowest BCUT2D eigenvalue weighted by Crippen LogP contribution is -2.43. The molecule has 1 atom stereocenters. The first kappa shape index (κ1) is 16.3. The van der Waals surface area contributed by atoms with Gasteiger partial charge in [-0.3, -0.25) is 4.79 Å². The van der Waals surface area contributed by atoms with E-state index in [1.54, 1.807) is 0 Å².